The molecular formula is C23H19NO5. The molecule has 0 aliphatic rings. The Hall–Kier alpha value is -3.93. The first-order valence-electron chi connectivity index (χ1n) is 8.90. The smallest absolute Gasteiger partial charge is 0.338 e. The van der Waals surface area contributed by atoms with Gasteiger partial charge < -0.3 is 15.2 Å². The number of phenolic OH excluding ortho intramolecular Hbond substituents is 1. The molecule has 29 heavy (non-hydrogen) atoms. The monoisotopic (exact) mass is 389 g/mol. The highest BCUT2D eigenvalue weighted by Crippen LogP contribution is 2.22. The Morgan fingerprint density at radius 1 is 0.793 bits per heavy atom. The first kappa shape index (κ1) is 19.8. The van der Waals surface area contributed by atoms with Crippen LogP contribution in [0.25, 0.3) is 11.1 Å². The van der Waals surface area contributed by atoms with Crippen LogP contribution < -0.4 is 5.32 Å². The Labute approximate surface area is 167 Å². The van der Waals surface area contributed by atoms with Gasteiger partial charge in [0.05, 0.1) is 5.56 Å². The van der Waals surface area contributed by atoms with Crippen LogP contribution in [-0.2, 0) is 9.53 Å². The van der Waals surface area contributed by atoms with Crippen LogP contribution >= 0.6 is 0 Å². The number of carbonyl (C=O) groups is 3. The van der Waals surface area contributed by atoms with Crippen molar-refractivity contribution in [3.8, 4) is 16.9 Å². The second-order valence-electron chi connectivity index (χ2n) is 6.38. The van der Waals surface area contributed by atoms with Crippen LogP contribution in [-0.4, -0.2) is 29.4 Å². The lowest BCUT2D eigenvalue weighted by Gasteiger charge is -2.07. The van der Waals surface area contributed by atoms with E-state index < -0.39 is 5.97 Å². The molecule has 0 fully saturated rings. The van der Waals surface area contributed by atoms with Crippen molar-refractivity contribution < 1.29 is 24.2 Å². The largest absolute Gasteiger partial charge is 0.508 e. The fraction of sp³-hybridized carbons (Fsp3) is 0.0870. The van der Waals surface area contributed by atoms with Crippen LogP contribution in [0.4, 0.5) is 5.69 Å². The third-order valence-corrected chi connectivity index (χ3v) is 4.18. The Bertz CT molecular complexity index is 1020. The fourth-order valence-corrected chi connectivity index (χ4v) is 2.69. The standard InChI is InChI=1S/C23H19NO5/c1-15(25)24-20-10-6-18(7-11-20)22(27)14-29-23(28)19-4-2-16(3-5-19)17-8-12-21(26)13-9-17/h2-13,26H,14H2,1H3,(H,24,25). The summed E-state index contributed by atoms with van der Waals surface area (Å²) in [4.78, 5) is 35.4. The van der Waals surface area contributed by atoms with Crippen molar-refractivity contribution in [2.24, 2.45) is 0 Å². The number of carbonyl (C=O) groups excluding carboxylic acids is 3. The van der Waals surface area contributed by atoms with Gasteiger partial charge in [-0.2, -0.15) is 0 Å². The Morgan fingerprint density at radius 3 is 1.86 bits per heavy atom. The maximum Gasteiger partial charge on any atom is 0.338 e. The van der Waals surface area contributed by atoms with Crippen LogP contribution in [0.5, 0.6) is 5.75 Å². The van der Waals surface area contributed by atoms with E-state index in [1.165, 1.54) is 6.92 Å². The highest BCUT2D eigenvalue weighted by Gasteiger charge is 2.12. The first-order valence-corrected chi connectivity index (χ1v) is 8.90. The summed E-state index contributed by atoms with van der Waals surface area (Å²) in [6.45, 7) is 1.02. The van der Waals surface area contributed by atoms with Crippen LogP contribution in [0, 0.1) is 0 Å². The molecule has 146 valence electrons. The number of amides is 1. The number of ketones is 1. The molecule has 0 atom stereocenters. The summed E-state index contributed by atoms with van der Waals surface area (Å²) < 4.78 is 5.11. The average Bonchev–Trinajstić information content (AvgIpc) is 2.72. The molecule has 0 spiro atoms. The van der Waals surface area contributed by atoms with E-state index in [0.29, 0.717) is 16.8 Å². The molecule has 6 heteroatoms. The number of anilines is 1. The highest BCUT2D eigenvalue weighted by atomic mass is 16.5. The number of esters is 1. The molecule has 3 rings (SSSR count). The van der Waals surface area contributed by atoms with Crippen molar-refractivity contribution in [3.05, 3.63) is 83.9 Å². The Kier molecular flexibility index (Phi) is 6.04. The SMILES string of the molecule is CC(=O)Nc1ccc(C(=O)COC(=O)c2ccc(-c3ccc(O)cc3)cc2)cc1. The van der Waals surface area contributed by atoms with Crippen molar-refractivity contribution in [1.82, 2.24) is 0 Å². The van der Waals surface area contributed by atoms with E-state index in [4.69, 9.17) is 4.74 Å². The quantitative estimate of drug-likeness (QED) is 0.490. The number of nitrogens with one attached hydrogen (secondary N) is 1. The second-order valence-corrected chi connectivity index (χ2v) is 6.38. The number of phenols is 1. The van der Waals surface area contributed by atoms with Gasteiger partial charge in [-0.05, 0) is 59.7 Å². The average molecular weight is 389 g/mol. The molecular weight excluding hydrogens is 370 g/mol. The maximum atomic E-state index is 12.2. The number of hydrogen-bond donors (Lipinski definition) is 2. The van der Waals surface area contributed by atoms with Crippen molar-refractivity contribution in [3.63, 3.8) is 0 Å². The minimum absolute atomic E-state index is 0.184. The molecule has 6 nitrogen and oxygen atoms in total. The molecule has 0 bridgehead atoms. The zero-order valence-electron chi connectivity index (χ0n) is 15.7. The third kappa shape index (κ3) is 5.29. The van der Waals surface area contributed by atoms with Gasteiger partial charge in [0, 0.05) is 18.2 Å². The first-order chi connectivity index (χ1) is 13.9. The van der Waals surface area contributed by atoms with E-state index in [2.05, 4.69) is 5.32 Å². The van der Waals surface area contributed by atoms with Crippen LogP contribution in [0.3, 0.4) is 0 Å². The predicted molar refractivity (Wildman–Crippen MR) is 109 cm³/mol. The van der Waals surface area contributed by atoms with E-state index in [0.717, 1.165) is 11.1 Å². The molecule has 0 aromatic heterocycles. The highest BCUT2D eigenvalue weighted by molar-refractivity contribution is 6.00. The van der Waals surface area contributed by atoms with Crippen molar-refractivity contribution in [1.29, 1.82) is 0 Å². The number of benzene rings is 3. The lowest BCUT2D eigenvalue weighted by molar-refractivity contribution is -0.114. The number of ether oxygens (including phenoxy) is 1. The van der Waals surface area contributed by atoms with Gasteiger partial charge in [-0.1, -0.05) is 24.3 Å². The van der Waals surface area contributed by atoms with E-state index in [9.17, 15) is 19.5 Å². The fourth-order valence-electron chi connectivity index (χ4n) is 2.69. The lowest BCUT2D eigenvalue weighted by Crippen LogP contribution is -2.14. The maximum absolute atomic E-state index is 12.2. The molecule has 0 aliphatic heterocycles. The predicted octanol–water partition coefficient (Wildman–Crippen LogP) is 4.06. The summed E-state index contributed by atoms with van der Waals surface area (Å²) in [5.74, 6) is -0.947. The topological polar surface area (TPSA) is 92.7 Å². The summed E-state index contributed by atoms with van der Waals surface area (Å²) in [7, 11) is 0. The number of Topliss-reactive ketones (excluding diaryl/α,β-unsaturated/α-hetero) is 1. The summed E-state index contributed by atoms with van der Waals surface area (Å²) in [5.41, 5.74) is 3.09. The minimum Gasteiger partial charge on any atom is -0.508 e. The molecule has 3 aromatic carbocycles. The molecule has 3 aromatic rings. The summed E-state index contributed by atoms with van der Waals surface area (Å²) in [5, 5.41) is 12.0. The van der Waals surface area contributed by atoms with Crippen LogP contribution in [0.1, 0.15) is 27.6 Å². The second kappa shape index (κ2) is 8.84. The summed E-state index contributed by atoms with van der Waals surface area (Å²) in [6, 6.07) is 19.9. The zero-order chi connectivity index (χ0) is 20.8. The van der Waals surface area contributed by atoms with Gasteiger partial charge in [0.1, 0.15) is 5.75 Å². The van der Waals surface area contributed by atoms with Gasteiger partial charge >= 0.3 is 5.97 Å². The van der Waals surface area contributed by atoms with Crippen molar-refractivity contribution in [2.75, 3.05) is 11.9 Å². The zero-order valence-corrected chi connectivity index (χ0v) is 15.7. The molecule has 0 saturated heterocycles. The Balaban J connectivity index is 1.58. The molecule has 1 amide bonds. The van der Waals surface area contributed by atoms with Crippen LogP contribution in [0.15, 0.2) is 72.8 Å². The number of aromatic hydroxyl groups is 1. The number of rotatable bonds is 6. The van der Waals surface area contributed by atoms with Gasteiger partial charge in [0.2, 0.25) is 5.91 Å². The van der Waals surface area contributed by atoms with Crippen molar-refractivity contribution in [2.45, 2.75) is 6.92 Å². The molecule has 0 saturated carbocycles. The molecule has 0 radical (unpaired) electrons. The summed E-state index contributed by atoms with van der Waals surface area (Å²) in [6.07, 6.45) is 0. The number of hydrogen-bond acceptors (Lipinski definition) is 5. The van der Waals surface area contributed by atoms with Gasteiger partial charge in [-0.25, -0.2) is 4.79 Å². The van der Waals surface area contributed by atoms with Gasteiger partial charge in [0.15, 0.2) is 12.4 Å². The van der Waals surface area contributed by atoms with E-state index in [1.807, 2.05) is 0 Å². The molecule has 0 unspecified atom stereocenters. The normalized spacial score (nSPS) is 10.2. The summed E-state index contributed by atoms with van der Waals surface area (Å²) >= 11 is 0. The molecule has 0 aliphatic carbocycles. The van der Waals surface area contributed by atoms with E-state index in [-0.39, 0.29) is 24.0 Å². The molecule has 2 N–H and O–H groups in total. The van der Waals surface area contributed by atoms with E-state index in [1.54, 1.807) is 72.8 Å². The van der Waals surface area contributed by atoms with Gasteiger partial charge in [0.25, 0.3) is 0 Å². The van der Waals surface area contributed by atoms with Gasteiger partial charge in [-0.3, -0.25) is 9.59 Å². The lowest BCUT2D eigenvalue weighted by atomic mass is 10.0. The third-order valence-electron chi connectivity index (χ3n) is 4.18. The molecule has 0 heterocycles. The van der Waals surface area contributed by atoms with E-state index >= 15 is 0 Å². The van der Waals surface area contributed by atoms with Gasteiger partial charge in [-0.15, -0.1) is 0 Å². The van der Waals surface area contributed by atoms with Crippen molar-refractivity contribution >= 4 is 23.3 Å². The van der Waals surface area contributed by atoms with Crippen LogP contribution in [0.2, 0.25) is 0 Å². The minimum atomic E-state index is -0.592. The Morgan fingerprint density at radius 2 is 1.31 bits per heavy atom.